The first-order chi connectivity index (χ1) is 14.5. The summed E-state index contributed by atoms with van der Waals surface area (Å²) in [6.07, 6.45) is 4.76. The van der Waals surface area contributed by atoms with Crippen LogP contribution in [0, 0.1) is 11.8 Å². The molecule has 2 aliphatic heterocycles. The number of ether oxygens (including phenoxy) is 2. The minimum atomic E-state index is -0.291. The molecule has 7 heteroatoms. The second kappa shape index (κ2) is 10.7. The van der Waals surface area contributed by atoms with Gasteiger partial charge in [0.25, 0.3) is 5.91 Å². The monoisotopic (exact) mass is 417 g/mol. The third-order valence-corrected chi connectivity index (χ3v) is 6.31. The van der Waals surface area contributed by atoms with E-state index in [1.54, 1.807) is 25.3 Å². The maximum Gasteiger partial charge on any atom is 0.251 e. The van der Waals surface area contributed by atoms with Gasteiger partial charge in [-0.3, -0.25) is 9.59 Å². The molecule has 0 saturated carbocycles. The fourth-order valence-electron chi connectivity index (χ4n) is 4.40. The first kappa shape index (κ1) is 22.4. The van der Waals surface area contributed by atoms with Gasteiger partial charge >= 0.3 is 0 Å². The quantitative estimate of drug-likeness (QED) is 0.738. The topological polar surface area (TPSA) is 71.1 Å². The van der Waals surface area contributed by atoms with Gasteiger partial charge in [-0.25, -0.2) is 0 Å². The number of methoxy groups -OCH3 is 2. The highest BCUT2D eigenvalue weighted by Crippen LogP contribution is 2.27. The molecule has 1 N–H and O–H groups in total. The lowest BCUT2D eigenvalue weighted by molar-refractivity contribution is -0.132. The largest absolute Gasteiger partial charge is 0.493 e. The van der Waals surface area contributed by atoms with Gasteiger partial charge in [0, 0.05) is 25.2 Å². The Bertz CT molecular complexity index is 731. The van der Waals surface area contributed by atoms with E-state index < -0.39 is 0 Å². The average molecular weight is 418 g/mol. The van der Waals surface area contributed by atoms with Crippen LogP contribution in [0.4, 0.5) is 0 Å². The molecule has 1 aromatic carbocycles. The van der Waals surface area contributed by atoms with E-state index in [1.807, 2.05) is 4.90 Å². The van der Waals surface area contributed by atoms with Crippen molar-refractivity contribution in [3.63, 3.8) is 0 Å². The van der Waals surface area contributed by atoms with Gasteiger partial charge in [0.05, 0.1) is 20.8 Å². The number of carbonyl (C=O) groups excluding carboxylic acids is 2. The van der Waals surface area contributed by atoms with Crippen LogP contribution < -0.4 is 14.8 Å². The maximum absolute atomic E-state index is 12.7. The molecule has 0 radical (unpaired) electrons. The lowest BCUT2D eigenvalue weighted by Crippen LogP contribution is -2.48. The summed E-state index contributed by atoms with van der Waals surface area (Å²) >= 11 is 0. The van der Waals surface area contributed by atoms with Gasteiger partial charge in [0.1, 0.15) is 0 Å². The molecule has 0 spiro atoms. The molecule has 2 heterocycles. The summed E-state index contributed by atoms with van der Waals surface area (Å²) in [4.78, 5) is 29.6. The third kappa shape index (κ3) is 5.88. The zero-order chi connectivity index (χ0) is 21.5. The molecule has 30 heavy (non-hydrogen) atoms. The number of rotatable bonds is 7. The number of nitrogens with zero attached hydrogens (tertiary/aromatic N) is 2. The summed E-state index contributed by atoms with van der Waals surface area (Å²) in [6, 6.07) is 4.97. The highest BCUT2D eigenvalue weighted by Gasteiger charge is 2.26. The Hall–Kier alpha value is -2.28. The normalized spacial score (nSPS) is 20.6. The van der Waals surface area contributed by atoms with E-state index in [0.29, 0.717) is 23.0 Å². The molecule has 7 nitrogen and oxygen atoms in total. The fraction of sp³-hybridized carbons (Fsp3) is 0.652. The van der Waals surface area contributed by atoms with Crippen molar-refractivity contribution in [3.05, 3.63) is 23.8 Å². The van der Waals surface area contributed by atoms with E-state index in [0.717, 1.165) is 32.0 Å². The molecule has 2 fully saturated rings. The molecule has 3 rings (SSSR count). The van der Waals surface area contributed by atoms with Crippen LogP contribution in [0.25, 0.3) is 0 Å². The van der Waals surface area contributed by atoms with Gasteiger partial charge in [-0.2, -0.15) is 0 Å². The first-order valence-corrected chi connectivity index (χ1v) is 11.0. The maximum atomic E-state index is 12.7. The SMILES string of the molecule is COc1ccc(C(=O)NCC(=O)N2CCCC(CN3CCC(C)CC3)C2)cc1OC. The predicted octanol–water partition coefficient (Wildman–Crippen LogP) is 2.40. The van der Waals surface area contributed by atoms with Gasteiger partial charge in [-0.1, -0.05) is 6.92 Å². The molecule has 166 valence electrons. The van der Waals surface area contributed by atoms with Gasteiger partial charge in [0.2, 0.25) is 5.91 Å². The van der Waals surface area contributed by atoms with Crippen molar-refractivity contribution in [3.8, 4) is 11.5 Å². The molecule has 1 atom stereocenters. The number of likely N-dealkylation sites (tertiary alicyclic amines) is 2. The minimum Gasteiger partial charge on any atom is -0.493 e. The minimum absolute atomic E-state index is 0.0132. The summed E-state index contributed by atoms with van der Waals surface area (Å²) < 4.78 is 10.4. The summed E-state index contributed by atoms with van der Waals surface area (Å²) in [6.45, 7) is 7.33. The molecule has 2 amide bonds. The fourth-order valence-corrected chi connectivity index (χ4v) is 4.40. The Balaban J connectivity index is 1.47. The predicted molar refractivity (Wildman–Crippen MR) is 116 cm³/mol. The first-order valence-electron chi connectivity index (χ1n) is 11.0. The number of nitrogens with one attached hydrogen (secondary N) is 1. The molecule has 2 aliphatic rings. The van der Waals surface area contributed by atoms with Gasteiger partial charge in [0.15, 0.2) is 11.5 Å². The van der Waals surface area contributed by atoms with Crippen LogP contribution in [0.15, 0.2) is 18.2 Å². The summed E-state index contributed by atoms with van der Waals surface area (Å²) in [5.74, 6) is 2.11. The standard InChI is InChI=1S/C23H35N3O4/c1-17-8-11-25(12-9-17)15-18-5-4-10-26(16-18)22(27)14-24-23(28)19-6-7-20(29-2)21(13-19)30-3/h6-7,13,17-18H,4-5,8-12,14-16H2,1-3H3,(H,24,28). The Morgan fingerprint density at radius 1 is 1.07 bits per heavy atom. The van der Waals surface area contributed by atoms with Crippen LogP contribution in [-0.2, 0) is 4.79 Å². The van der Waals surface area contributed by atoms with Crippen molar-refractivity contribution >= 4 is 11.8 Å². The molecule has 0 bridgehead atoms. The van der Waals surface area contributed by atoms with Crippen molar-refractivity contribution in [2.45, 2.75) is 32.6 Å². The lowest BCUT2D eigenvalue weighted by atomic mass is 9.94. The Morgan fingerprint density at radius 2 is 1.80 bits per heavy atom. The lowest BCUT2D eigenvalue weighted by Gasteiger charge is -2.37. The molecule has 1 unspecified atom stereocenters. The summed E-state index contributed by atoms with van der Waals surface area (Å²) in [5, 5.41) is 2.75. The van der Waals surface area contributed by atoms with E-state index >= 15 is 0 Å². The Labute approximate surface area is 179 Å². The van der Waals surface area contributed by atoms with Gasteiger partial charge < -0.3 is 24.6 Å². The summed E-state index contributed by atoms with van der Waals surface area (Å²) in [5.41, 5.74) is 0.441. The van der Waals surface area contributed by atoms with Crippen LogP contribution in [-0.4, -0.2) is 75.1 Å². The zero-order valence-corrected chi connectivity index (χ0v) is 18.5. The number of amides is 2. The number of benzene rings is 1. The molecular formula is C23H35N3O4. The average Bonchev–Trinajstić information content (AvgIpc) is 2.78. The van der Waals surface area contributed by atoms with E-state index in [9.17, 15) is 9.59 Å². The third-order valence-electron chi connectivity index (χ3n) is 6.31. The van der Waals surface area contributed by atoms with Crippen molar-refractivity contribution in [2.24, 2.45) is 11.8 Å². The van der Waals surface area contributed by atoms with Crippen molar-refractivity contribution in [2.75, 3.05) is 53.5 Å². The van der Waals surface area contributed by atoms with Crippen molar-refractivity contribution in [1.29, 1.82) is 0 Å². The second-order valence-electron chi connectivity index (χ2n) is 8.58. The van der Waals surface area contributed by atoms with Crippen LogP contribution in [0.2, 0.25) is 0 Å². The summed E-state index contributed by atoms with van der Waals surface area (Å²) in [7, 11) is 3.08. The van der Waals surface area contributed by atoms with E-state index in [1.165, 1.54) is 39.5 Å². The number of piperidine rings is 2. The van der Waals surface area contributed by atoms with Gasteiger partial charge in [-0.05, 0) is 68.8 Å². The van der Waals surface area contributed by atoms with Crippen LogP contribution in [0.1, 0.15) is 43.0 Å². The number of carbonyl (C=O) groups is 2. The van der Waals surface area contributed by atoms with Crippen LogP contribution in [0.3, 0.4) is 0 Å². The highest BCUT2D eigenvalue weighted by molar-refractivity contribution is 5.97. The van der Waals surface area contributed by atoms with E-state index in [-0.39, 0.29) is 18.4 Å². The number of hydrogen-bond donors (Lipinski definition) is 1. The Morgan fingerprint density at radius 3 is 2.50 bits per heavy atom. The molecule has 0 aliphatic carbocycles. The molecular weight excluding hydrogens is 382 g/mol. The van der Waals surface area contributed by atoms with Crippen LogP contribution >= 0.6 is 0 Å². The van der Waals surface area contributed by atoms with Gasteiger partial charge in [-0.15, -0.1) is 0 Å². The van der Waals surface area contributed by atoms with Crippen molar-refractivity contribution in [1.82, 2.24) is 15.1 Å². The second-order valence-corrected chi connectivity index (χ2v) is 8.58. The van der Waals surface area contributed by atoms with E-state index in [4.69, 9.17) is 9.47 Å². The molecule has 0 aromatic heterocycles. The molecule has 1 aromatic rings. The van der Waals surface area contributed by atoms with E-state index in [2.05, 4.69) is 17.1 Å². The van der Waals surface area contributed by atoms with Crippen LogP contribution in [0.5, 0.6) is 11.5 Å². The highest BCUT2D eigenvalue weighted by atomic mass is 16.5. The smallest absolute Gasteiger partial charge is 0.251 e. The molecule has 2 saturated heterocycles. The Kier molecular flexibility index (Phi) is 7.96. The van der Waals surface area contributed by atoms with Crippen molar-refractivity contribution < 1.29 is 19.1 Å². The number of hydrogen-bond acceptors (Lipinski definition) is 5. The zero-order valence-electron chi connectivity index (χ0n) is 18.5.